The summed E-state index contributed by atoms with van der Waals surface area (Å²) < 4.78 is 5.03. The molecular formula is C20H24ClN3O5. The van der Waals surface area contributed by atoms with Crippen LogP contribution in [0.15, 0.2) is 24.3 Å². The Labute approximate surface area is 173 Å². The Hall–Kier alpha value is -2.61. The normalized spacial score (nSPS) is 19.7. The molecule has 0 bridgehead atoms. The molecule has 0 radical (unpaired) electrons. The maximum atomic E-state index is 12.2. The lowest BCUT2D eigenvalue weighted by Crippen LogP contribution is -2.44. The van der Waals surface area contributed by atoms with E-state index in [4.69, 9.17) is 16.3 Å². The number of nitrogens with zero attached hydrogens (tertiary/aromatic N) is 1. The third-order valence-corrected chi connectivity index (χ3v) is 5.53. The standard InChI is InChI=1S/C20H24ClN3O5/c21-15-8-6-13(7-9-15)19(27)23-22-17(25)12-29-20(28)14-10-18(26)24(11-14)16-4-2-1-3-5-16/h6-9,14,16H,1-5,10-12H2,(H,22,25)(H,23,27)/t14-/m1/s1. The molecule has 3 rings (SSSR count). The summed E-state index contributed by atoms with van der Waals surface area (Å²) >= 11 is 5.76. The number of amides is 3. The summed E-state index contributed by atoms with van der Waals surface area (Å²) in [5.74, 6) is -2.35. The van der Waals surface area contributed by atoms with E-state index >= 15 is 0 Å². The number of hydrogen-bond donors (Lipinski definition) is 2. The molecule has 1 aromatic carbocycles. The first kappa shape index (κ1) is 21.1. The van der Waals surface area contributed by atoms with Gasteiger partial charge in [-0.3, -0.25) is 30.0 Å². The third-order valence-electron chi connectivity index (χ3n) is 5.27. The van der Waals surface area contributed by atoms with Crippen LogP contribution in [-0.2, 0) is 19.1 Å². The molecular weight excluding hydrogens is 398 g/mol. The zero-order chi connectivity index (χ0) is 20.8. The van der Waals surface area contributed by atoms with E-state index in [9.17, 15) is 19.2 Å². The average Bonchev–Trinajstić information content (AvgIpc) is 3.13. The lowest BCUT2D eigenvalue weighted by atomic mass is 9.94. The molecule has 0 aromatic heterocycles. The summed E-state index contributed by atoms with van der Waals surface area (Å²) in [6, 6.07) is 6.34. The number of likely N-dealkylation sites (tertiary alicyclic amines) is 1. The highest BCUT2D eigenvalue weighted by Crippen LogP contribution is 2.29. The highest BCUT2D eigenvalue weighted by atomic mass is 35.5. The summed E-state index contributed by atoms with van der Waals surface area (Å²) in [6.45, 7) is -0.189. The Morgan fingerprint density at radius 3 is 2.45 bits per heavy atom. The van der Waals surface area contributed by atoms with Gasteiger partial charge in [-0.25, -0.2) is 0 Å². The maximum Gasteiger partial charge on any atom is 0.311 e. The zero-order valence-corrected chi connectivity index (χ0v) is 16.7. The van der Waals surface area contributed by atoms with Crippen molar-refractivity contribution in [3.8, 4) is 0 Å². The number of halogens is 1. The number of ether oxygens (including phenoxy) is 1. The van der Waals surface area contributed by atoms with Crippen LogP contribution in [0.1, 0.15) is 48.9 Å². The van der Waals surface area contributed by atoms with E-state index in [1.807, 2.05) is 0 Å². The van der Waals surface area contributed by atoms with Gasteiger partial charge in [0.1, 0.15) is 0 Å². The summed E-state index contributed by atoms with van der Waals surface area (Å²) in [7, 11) is 0. The van der Waals surface area contributed by atoms with Crippen LogP contribution in [0.5, 0.6) is 0 Å². The van der Waals surface area contributed by atoms with Gasteiger partial charge >= 0.3 is 5.97 Å². The molecule has 29 heavy (non-hydrogen) atoms. The van der Waals surface area contributed by atoms with Crippen LogP contribution in [0.4, 0.5) is 0 Å². The van der Waals surface area contributed by atoms with Gasteiger partial charge in [0.05, 0.1) is 5.92 Å². The van der Waals surface area contributed by atoms with Crippen LogP contribution in [0.2, 0.25) is 5.02 Å². The predicted octanol–water partition coefficient (Wildman–Crippen LogP) is 1.83. The number of benzene rings is 1. The van der Waals surface area contributed by atoms with Crippen molar-refractivity contribution in [3.05, 3.63) is 34.9 Å². The number of carbonyl (C=O) groups is 4. The Morgan fingerprint density at radius 2 is 1.76 bits per heavy atom. The summed E-state index contributed by atoms with van der Waals surface area (Å²) in [6.07, 6.45) is 5.46. The van der Waals surface area contributed by atoms with Crippen LogP contribution >= 0.6 is 11.6 Å². The second-order valence-electron chi connectivity index (χ2n) is 7.36. The van der Waals surface area contributed by atoms with E-state index in [0.717, 1.165) is 25.7 Å². The largest absolute Gasteiger partial charge is 0.455 e. The molecule has 1 heterocycles. The van der Waals surface area contributed by atoms with Gasteiger partial charge in [0.15, 0.2) is 6.61 Å². The number of esters is 1. The van der Waals surface area contributed by atoms with Crippen LogP contribution in [-0.4, -0.2) is 47.8 Å². The van der Waals surface area contributed by atoms with Crippen molar-refractivity contribution in [3.63, 3.8) is 0 Å². The number of rotatable bonds is 5. The molecule has 156 valence electrons. The van der Waals surface area contributed by atoms with E-state index in [1.165, 1.54) is 18.6 Å². The number of carbonyl (C=O) groups excluding carboxylic acids is 4. The lowest BCUT2D eigenvalue weighted by molar-refractivity contribution is -0.152. The number of nitrogens with one attached hydrogen (secondary N) is 2. The van der Waals surface area contributed by atoms with E-state index in [-0.39, 0.29) is 18.4 Å². The van der Waals surface area contributed by atoms with Gasteiger partial charge in [-0.05, 0) is 37.1 Å². The molecule has 1 saturated heterocycles. The molecule has 1 aliphatic heterocycles. The van der Waals surface area contributed by atoms with Gasteiger partial charge in [0, 0.05) is 29.6 Å². The van der Waals surface area contributed by atoms with E-state index in [1.54, 1.807) is 17.0 Å². The minimum Gasteiger partial charge on any atom is -0.455 e. The maximum absolute atomic E-state index is 12.2. The van der Waals surface area contributed by atoms with Crippen molar-refractivity contribution in [1.82, 2.24) is 15.8 Å². The van der Waals surface area contributed by atoms with Crippen LogP contribution < -0.4 is 10.9 Å². The number of hydrogen-bond acceptors (Lipinski definition) is 5. The highest BCUT2D eigenvalue weighted by molar-refractivity contribution is 6.30. The summed E-state index contributed by atoms with van der Waals surface area (Å²) in [5, 5.41) is 0.491. The minimum absolute atomic E-state index is 0.0291. The van der Waals surface area contributed by atoms with E-state index < -0.39 is 30.3 Å². The van der Waals surface area contributed by atoms with Crippen LogP contribution in [0, 0.1) is 5.92 Å². The Bertz CT molecular complexity index is 777. The summed E-state index contributed by atoms with van der Waals surface area (Å²) in [5.41, 5.74) is 4.74. The van der Waals surface area contributed by atoms with Crippen molar-refractivity contribution in [1.29, 1.82) is 0 Å². The topological polar surface area (TPSA) is 105 Å². The van der Waals surface area contributed by atoms with Crippen molar-refractivity contribution in [2.75, 3.05) is 13.2 Å². The van der Waals surface area contributed by atoms with Crippen LogP contribution in [0.3, 0.4) is 0 Å². The molecule has 3 amide bonds. The first-order chi connectivity index (χ1) is 13.9. The first-order valence-corrected chi connectivity index (χ1v) is 10.1. The smallest absolute Gasteiger partial charge is 0.311 e. The Morgan fingerprint density at radius 1 is 1.07 bits per heavy atom. The molecule has 1 aliphatic carbocycles. The van der Waals surface area contributed by atoms with Gasteiger partial charge in [-0.1, -0.05) is 30.9 Å². The van der Waals surface area contributed by atoms with Crippen molar-refractivity contribution in [2.24, 2.45) is 5.92 Å². The van der Waals surface area contributed by atoms with Crippen molar-refractivity contribution >= 4 is 35.3 Å². The first-order valence-electron chi connectivity index (χ1n) is 9.75. The van der Waals surface area contributed by atoms with Crippen molar-refractivity contribution in [2.45, 2.75) is 44.6 Å². The molecule has 1 saturated carbocycles. The van der Waals surface area contributed by atoms with Crippen molar-refractivity contribution < 1.29 is 23.9 Å². The number of hydrazine groups is 1. The average molecular weight is 422 g/mol. The fourth-order valence-corrected chi connectivity index (χ4v) is 3.85. The molecule has 8 nitrogen and oxygen atoms in total. The molecule has 1 aromatic rings. The monoisotopic (exact) mass is 421 g/mol. The van der Waals surface area contributed by atoms with Gasteiger partial charge in [-0.15, -0.1) is 0 Å². The second-order valence-corrected chi connectivity index (χ2v) is 7.79. The molecule has 0 unspecified atom stereocenters. The highest BCUT2D eigenvalue weighted by Gasteiger charge is 2.39. The Balaban J connectivity index is 1.39. The van der Waals surface area contributed by atoms with Gasteiger partial charge < -0.3 is 9.64 Å². The SMILES string of the molecule is O=C(COC(=O)[C@@H]1CC(=O)N(C2CCCCC2)C1)NNC(=O)c1ccc(Cl)cc1. The predicted molar refractivity (Wildman–Crippen MR) is 105 cm³/mol. The summed E-state index contributed by atoms with van der Waals surface area (Å²) in [4.78, 5) is 50.0. The molecule has 0 spiro atoms. The van der Waals surface area contributed by atoms with Gasteiger partial charge in [0.25, 0.3) is 11.8 Å². The van der Waals surface area contributed by atoms with E-state index in [2.05, 4.69) is 10.9 Å². The fraction of sp³-hybridized carbons (Fsp3) is 0.500. The zero-order valence-electron chi connectivity index (χ0n) is 16.0. The quantitative estimate of drug-likeness (QED) is 0.557. The lowest BCUT2D eigenvalue weighted by Gasteiger charge is -2.31. The fourth-order valence-electron chi connectivity index (χ4n) is 3.73. The molecule has 9 heteroatoms. The molecule has 2 fully saturated rings. The van der Waals surface area contributed by atoms with E-state index in [0.29, 0.717) is 17.1 Å². The molecule has 2 N–H and O–H groups in total. The van der Waals surface area contributed by atoms with Gasteiger partial charge in [0.2, 0.25) is 5.91 Å². The third kappa shape index (κ3) is 5.69. The van der Waals surface area contributed by atoms with Crippen LogP contribution in [0.25, 0.3) is 0 Å². The molecule has 2 aliphatic rings. The Kier molecular flexibility index (Phi) is 7.09. The minimum atomic E-state index is -0.672. The molecule has 1 atom stereocenters. The van der Waals surface area contributed by atoms with Gasteiger partial charge in [-0.2, -0.15) is 0 Å². The second kappa shape index (κ2) is 9.73.